The summed E-state index contributed by atoms with van der Waals surface area (Å²) in [4.78, 5) is 4.36. The Morgan fingerprint density at radius 2 is 2.44 bits per heavy atom. The molecule has 84 valence electrons. The molecule has 2 aromatic rings. The fourth-order valence-corrected chi connectivity index (χ4v) is 2.51. The van der Waals surface area contributed by atoms with Crippen LogP contribution in [0.25, 0.3) is 5.65 Å². The van der Waals surface area contributed by atoms with Gasteiger partial charge < -0.3 is 5.32 Å². The zero-order valence-corrected chi connectivity index (χ0v) is 9.48. The zero-order chi connectivity index (χ0) is 11.0. The molecule has 4 heteroatoms. The third-order valence-corrected chi connectivity index (χ3v) is 3.28. The molecule has 1 unspecified atom stereocenters. The van der Waals surface area contributed by atoms with Crippen LogP contribution in [0.15, 0.2) is 18.6 Å². The number of fused-ring (bicyclic) bond motifs is 1. The normalized spacial score (nSPS) is 21.4. The van der Waals surface area contributed by atoms with Crippen molar-refractivity contribution in [2.75, 3.05) is 13.1 Å². The first-order chi connectivity index (χ1) is 7.84. The molecule has 4 nitrogen and oxygen atoms in total. The first kappa shape index (κ1) is 9.78. The highest BCUT2D eigenvalue weighted by molar-refractivity contribution is 5.50. The fourth-order valence-electron chi connectivity index (χ4n) is 2.51. The van der Waals surface area contributed by atoms with Crippen LogP contribution in [0.1, 0.15) is 29.9 Å². The lowest BCUT2D eigenvalue weighted by Crippen LogP contribution is -2.28. The second kappa shape index (κ2) is 3.87. The molecule has 3 heterocycles. The van der Waals surface area contributed by atoms with Crippen LogP contribution in [0.4, 0.5) is 0 Å². The Labute approximate surface area is 94.7 Å². The van der Waals surface area contributed by atoms with Crippen molar-refractivity contribution >= 4 is 5.65 Å². The van der Waals surface area contributed by atoms with Gasteiger partial charge in [0.15, 0.2) is 5.65 Å². The predicted octanol–water partition coefficient (Wildman–Crippen LogP) is 1.50. The SMILES string of the molecule is Cc1cc(C2CCCNC2)c2ncnn2c1. The molecule has 0 aliphatic carbocycles. The third-order valence-electron chi connectivity index (χ3n) is 3.28. The van der Waals surface area contributed by atoms with Gasteiger partial charge in [-0.3, -0.25) is 0 Å². The van der Waals surface area contributed by atoms with Crippen molar-refractivity contribution in [2.24, 2.45) is 0 Å². The zero-order valence-electron chi connectivity index (χ0n) is 9.48. The monoisotopic (exact) mass is 216 g/mol. The maximum atomic E-state index is 4.36. The van der Waals surface area contributed by atoms with Crippen molar-refractivity contribution in [1.82, 2.24) is 19.9 Å². The molecule has 0 spiro atoms. The standard InChI is InChI=1S/C12H16N4/c1-9-5-11(10-3-2-4-13-6-10)12-14-8-15-16(12)7-9/h5,7-8,10,13H,2-4,6H2,1H3. The van der Waals surface area contributed by atoms with Gasteiger partial charge in [-0.2, -0.15) is 5.10 Å². The van der Waals surface area contributed by atoms with Gasteiger partial charge in [-0.1, -0.05) is 6.07 Å². The summed E-state index contributed by atoms with van der Waals surface area (Å²) >= 11 is 0. The first-order valence-corrected chi connectivity index (χ1v) is 5.85. The van der Waals surface area contributed by atoms with Crippen molar-refractivity contribution in [2.45, 2.75) is 25.7 Å². The number of rotatable bonds is 1. The van der Waals surface area contributed by atoms with Gasteiger partial charge in [-0.25, -0.2) is 9.50 Å². The van der Waals surface area contributed by atoms with E-state index in [1.165, 1.54) is 24.0 Å². The lowest BCUT2D eigenvalue weighted by Gasteiger charge is -2.23. The highest BCUT2D eigenvalue weighted by atomic mass is 15.3. The Bertz CT molecular complexity index is 497. The van der Waals surface area contributed by atoms with Crippen molar-refractivity contribution in [3.05, 3.63) is 29.7 Å². The minimum absolute atomic E-state index is 0.584. The van der Waals surface area contributed by atoms with Crippen molar-refractivity contribution in [3.8, 4) is 0 Å². The second-order valence-electron chi connectivity index (χ2n) is 4.54. The molecule has 16 heavy (non-hydrogen) atoms. The molecular formula is C12H16N4. The van der Waals surface area contributed by atoms with Gasteiger partial charge in [0.1, 0.15) is 6.33 Å². The number of aromatic nitrogens is 3. The van der Waals surface area contributed by atoms with E-state index in [0.29, 0.717) is 5.92 Å². The Hall–Kier alpha value is -1.42. The molecule has 1 atom stereocenters. The molecular weight excluding hydrogens is 200 g/mol. The maximum absolute atomic E-state index is 4.36. The van der Waals surface area contributed by atoms with E-state index >= 15 is 0 Å². The van der Waals surface area contributed by atoms with Gasteiger partial charge >= 0.3 is 0 Å². The van der Waals surface area contributed by atoms with E-state index in [2.05, 4.69) is 28.4 Å². The summed E-state index contributed by atoms with van der Waals surface area (Å²) in [5, 5.41) is 7.67. The smallest absolute Gasteiger partial charge is 0.158 e. The molecule has 3 rings (SSSR count). The molecule has 1 N–H and O–H groups in total. The summed E-state index contributed by atoms with van der Waals surface area (Å²) < 4.78 is 1.89. The molecule has 0 radical (unpaired) electrons. The quantitative estimate of drug-likeness (QED) is 0.785. The second-order valence-corrected chi connectivity index (χ2v) is 4.54. The van der Waals surface area contributed by atoms with E-state index in [1.807, 2.05) is 10.7 Å². The topological polar surface area (TPSA) is 42.2 Å². The van der Waals surface area contributed by atoms with Crippen molar-refractivity contribution in [1.29, 1.82) is 0 Å². The van der Waals surface area contributed by atoms with Crippen LogP contribution in [0, 0.1) is 6.92 Å². The molecule has 0 saturated carbocycles. The average Bonchev–Trinajstić information content (AvgIpc) is 2.77. The summed E-state index contributed by atoms with van der Waals surface area (Å²) in [6, 6.07) is 2.25. The Morgan fingerprint density at radius 3 is 3.25 bits per heavy atom. The van der Waals surface area contributed by atoms with Crippen LogP contribution < -0.4 is 5.32 Å². The average molecular weight is 216 g/mol. The van der Waals surface area contributed by atoms with Crippen molar-refractivity contribution in [3.63, 3.8) is 0 Å². The summed E-state index contributed by atoms with van der Waals surface area (Å²) in [5.41, 5.74) is 3.60. The van der Waals surface area contributed by atoms with E-state index in [0.717, 1.165) is 18.7 Å². The van der Waals surface area contributed by atoms with Crippen LogP contribution in [0.5, 0.6) is 0 Å². The lowest BCUT2D eigenvalue weighted by molar-refractivity contribution is 0.462. The summed E-state index contributed by atoms with van der Waals surface area (Å²) in [7, 11) is 0. The van der Waals surface area contributed by atoms with Gasteiger partial charge in [0.25, 0.3) is 0 Å². The number of piperidine rings is 1. The lowest BCUT2D eigenvalue weighted by atomic mass is 9.92. The largest absolute Gasteiger partial charge is 0.316 e. The predicted molar refractivity (Wildman–Crippen MR) is 62.6 cm³/mol. The molecule has 0 amide bonds. The first-order valence-electron chi connectivity index (χ1n) is 5.85. The van der Waals surface area contributed by atoms with Gasteiger partial charge in [-0.15, -0.1) is 0 Å². The van der Waals surface area contributed by atoms with E-state index in [1.54, 1.807) is 6.33 Å². The maximum Gasteiger partial charge on any atom is 0.158 e. The molecule has 1 aliphatic rings. The minimum atomic E-state index is 0.584. The number of hydrogen-bond acceptors (Lipinski definition) is 3. The highest BCUT2D eigenvalue weighted by Gasteiger charge is 2.18. The van der Waals surface area contributed by atoms with Gasteiger partial charge in [0, 0.05) is 24.2 Å². The third kappa shape index (κ3) is 1.59. The molecule has 1 fully saturated rings. The van der Waals surface area contributed by atoms with Gasteiger partial charge in [-0.05, 0) is 31.9 Å². The summed E-state index contributed by atoms with van der Waals surface area (Å²) in [6.07, 6.45) is 6.16. The van der Waals surface area contributed by atoms with E-state index in [9.17, 15) is 0 Å². The number of aryl methyl sites for hydroxylation is 1. The summed E-state index contributed by atoms with van der Waals surface area (Å²) in [6.45, 7) is 4.32. The fraction of sp³-hybridized carbons (Fsp3) is 0.500. The minimum Gasteiger partial charge on any atom is -0.316 e. The van der Waals surface area contributed by atoms with E-state index in [-0.39, 0.29) is 0 Å². The van der Waals surface area contributed by atoms with Crippen LogP contribution in [-0.2, 0) is 0 Å². The Balaban J connectivity index is 2.09. The highest BCUT2D eigenvalue weighted by Crippen LogP contribution is 2.26. The Morgan fingerprint density at radius 1 is 1.50 bits per heavy atom. The molecule has 2 aromatic heterocycles. The van der Waals surface area contributed by atoms with Crippen LogP contribution in [-0.4, -0.2) is 27.7 Å². The van der Waals surface area contributed by atoms with Crippen LogP contribution >= 0.6 is 0 Å². The molecule has 1 saturated heterocycles. The van der Waals surface area contributed by atoms with E-state index < -0.39 is 0 Å². The number of hydrogen-bond donors (Lipinski definition) is 1. The molecule has 0 bridgehead atoms. The van der Waals surface area contributed by atoms with Crippen LogP contribution in [0.2, 0.25) is 0 Å². The Kier molecular flexibility index (Phi) is 2.36. The number of nitrogens with one attached hydrogen (secondary N) is 1. The van der Waals surface area contributed by atoms with Gasteiger partial charge in [0.2, 0.25) is 0 Å². The summed E-state index contributed by atoms with van der Waals surface area (Å²) in [5.74, 6) is 0.584. The molecule has 0 aromatic carbocycles. The van der Waals surface area contributed by atoms with Gasteiger partial charge in [0.05, 0.1) is 0 Å². The number of pyridine rings is 1. The van der Waals surface area contributed by atoms with E-state index in [4.69, 9.17) is 0 Å². The van der Waals surface area contributed by atoms with Crippen LogP contribution in [0.3, 0.4) is 0 Å². The molecule has 1 aliphatic heterocycles. The number of nitrogens with zero attached hydrogens (tertiary/aromatic N) is 3. The van der Waals surface area contributed by atoms with Crippen molar-refractivity contribution < 1.29 is 0 Å².